The number of nitrogens with two attached hydrogens (primary N) is 1. The van der Waals surface area contributed by atoms with E-state index in [1.807, 2.05) is 13.8 Å². The van der Waals surface area contributed by atoms with E-state index in [1.54, 1.807) is 13.8 Å². The van der Waals surface area contributed by atoms with Crippen LogP contribution in [0.4, 0.5) is 0 Å². The molecule has 1 rings (SSSR count). The molecule has 1 fully saturated rings. The number of likely N-dealkylation sites (tertiary alicyclic amines) is 1. The first kappa shape index (κ1) is 26.8. The maximum atomic E-state index is 12.9. The lowest BCUT2D eigenvalue weighted by Crippen LogP contribution is -2.60. The van der Waals surface area contributed by atoms with Crippen molar-refractivity contribution in [2.45, 2.75) is 90.6 Å². The number of aliphatic hydroxyl groups excluding tert-OH is 1. The largest absolute Gasteiger partial charge is 0.480 e. The standard InChI is InChI=1S/C21H38N4O6/c1-6-12(4)16(21(30)31)23-19(28)17(13(5)26)24-18(27)15-8-7-9-25(15)20(29)14(22)10-11(2)3/h11-17,26H,6-10,22H2,1-5H3,(H,23,28)(H,24,27)(H,30,31). The van der Waals surface area contributed by atoms with Crippen LogP contribution in [-0.4, -0.2) is 75.6 Å². The van der Waals surface area contributed by atoms with Gasteiger partial charge in [-0.15, -0.1) is 0 Å². The van der Waals surface area contributed by atoms with Gasteiger partial charge >= 0.3 is 5.97 Å². The summed E-state index contributed by atoms with van der Waals surface area (Å²) in [5, 5.41) is 24.3. The number of carbonyl (C=O) groups is 4. The van der Waals surface area contributed by atoms with Crippen LogP contribution in [0.5, 0.6) is 0 Å². The smallest absolute Gasteiger partial charge is 0.326 e. The summed E-state index contributed by atoms with van der Waals surface area (Å²) in [7, 11) is 0. The lowest BCUT2D eigenvalue weighted by atomic mass is 9.98. The molecule has 6 atom stereocenters. The Morgan fingerprint density at radius 1 is 1.10 bits per heavy atom. The highest BCUT2D eigenvalue weighted by molar-refractivity contribution is 5.94. The van der Waals surface area contributed by atoms with Gasteiger partial charge in [0.05, 0.1) is 12.1 Å². The highest BCUT2D eigenvalue weighted by atomic mass is 16.4. The van der Waals surface area contributed by atoms with Crippen LogP contribution in [0.3, 0.4) is 0 Å². The number of carbonyl (C=O) groups excluding carboxylic acids is 3. The number of nitrogens with one attached hydrogen (secondary N) is 2. The molecule has 3 amide bonds. The Bertz CT molecular complexity index is 654. The van der Waals surface area contributed by atoms with Gasteiger partial charge in [0.1, 0.15) is 18.1 Å². The van der Waals surface area contributed by atoms with E-state index in [4.69, 9.17) is 5.73 Å². The Kier molecular flexibility index (Phi) is 10.4. The van der Waals surface area contributed by atoms with Crippen LogP contribution in [0.25, 0.3) is 0 Å². The van der Waals surface area contributed by atoms with Crippen LogP contribution >= 0.6 is 0 Å². The predicted octanol–water partition coefficient (Wildman–Crippen LogP) is -0.168. The van der Waals surface area contributed by atoms with E-state index in [1.165, 1.54) is 11.8 Å². The van der Waals surface area contributed by atoms with E-state index >= 15 is 0 Å². The number of carboxylic acids is 1. The van der Waals surface area contributed by atoms with Gasteiger partial charge in [-0.25, -0.2) is 4.79 Å². The fourth-order valence-corrected chi connectivity index (χ4v) is 3.71. The minimum absolute atomic E-state index is 0.227. The van der Waals surface area contributed by atoms with Gasteiger partial charge in [0.15, 0.2) is 0 Å². The Morgan fingerprint density at radius 3 is 2.19 bits per heavy atom. The maximum absolute atomic E-state index is 12.9. The third kappa shape index (κ3) is 7.46. The van der Waals surface area contributed by atoms with Gasteiger partial charge in [0.25, 0.3) is 0 Å². The van der Waals surface area contributed by atoms with E-state index < -0.39 is 48.1 Å². The average Bonchev–Trinajstić information content (AvgIpc) is 3.17. The fourth-order valence-electron chi connectivity index (χ4n) is 3.71. The predicted molar refractivity (Wildman–Crippen MR) is 115 cm³/mol. The molecule has 1 aliphatic heterocycles. The number of aliphatic carboxylic acids is 1. The first-order valence-corrected chi connectivity index (χ1v) is 11.0. The van der Waals surface area contributed by atoms with Crippen molar-refractivity contribution in [3.05, 3.63) is 0 Å². The van der Waals surface area contributed by atoms with Crippen LogP contribution in [0, 0.1) is 11.8 Å². The molecule has 0 spiro atoms. The van der Waals surface area contributed by atoms with Gasteiger partial charge in [-0.3, -0.25) is 14.4 Å². The van der Waals surface area contributed by atoms with Crippen molar-refractivity contribution in [1.82, 2.24) is 15.5 Å². The molecule has 178 valence electrons. The first-order valence-electron chi connectivity index (χ1n) is 11.0. The second-order valence-corrected chi connectivity index (χ2v) is 8.86. The zero-order valence-electron chi connectivity index (χ0n) is 19.1. The maximum Gasteiger partial charge on any atom is 0.326 e. The quantitative estimate of drug-likeness (QED) is 0.297. The highest BCUT2D eigenvalue weighted by Crippen LogP contribution is 2.20. The summed E-state index contributed by atoms with van der Waals surface area (Å²) in [4.78, 5) is 51.2. The molecule has 0 aromatic carbocycles. The summed E-state index contributed by atoms with van der Waals surface area (Å²) in [6, 6.07) is -3.99. The first-order chi connectivity index (χ1) is 14.4. The molecule has 0 aromatic rings. The number of aliphatic hydroxyl groups is 1. The van der Waals surface area contributed by atoms with Gasteiger partial charge in [-0.2, -0.15) is 0 Å². The molecule has 0 bridgehead atoms. The number of hydrogen-bond acceptors (Lipinski definition) is 6. The Balaban J connectivity index is 2.89. The number of hydrogen-bond donors (Lipinski definition) is 5. The van der Waals surface area contributed by atoms with Crippen molar-refractivity contribution >= 4 is 23.7 Å². The van der Waals surface area contributed by atoms with Crippen molar-refractivity contribution in [2.24, 2.45) is 17.6 Å². The van der Waals surface area contributed by atoms with Crippen LogP contribution in [-0.2, 0) is 19.2 Å². The molecule has 0 aliphatic carbocycles. The lowest BCUT2D eigenvalue weighted by Gasteiger charge is -2.30. The topological polar surface area (TPSA) is 162 Å². The van der Waals surface area contributed by atoms with E-state index in [0.717, 1.165) is 0 Å². The third-order valence-electron chi connectivity index (χ3n) is 5.72. The molecule has 0 aromatic heterocycles. The van der Waals surface area contributed by atoms with Crippen molar-refractivity contribution < 1.29 is 29.4 Å². The summed E-state index contributed by atoms with van der Waals surface area (Å²) in [5.41, 5.74) is 6.00. The van der Waals surface area contributed by atoms with Gasteiger partial charge in [0.2, 0.25) is 17.7 Å². The van der Waals surface area contributed by atoms with Crippen molar-refractivity contribution in [1.29, 1.82) is 0 Å². The molecule has 31 heavy (non-hydrogen) atoms. The van der Waals surface area contributed by atoms with Gasteiger partial charge in [-0.05, 0) is 38.0 Å². The van der Waals surface area contributed by atoms with Gasteiger partial charge < -0.3 is 31.5 Å². The van der Waals surface area contributed by atoms with Crippen molar-refractivity contribution in [2.75, 3.05) is 6.54 Å². The molecular formula is C21H38N4O6. The average molecular weight is 443 g/mol. The Labute approximate surface area is 183 Å². The lowest BCUT2D eigenvalue weighted by molar-refractivity contribution is -0.145. The number of amides is 3. The molecule has 1 aliphatic rings. The summed E-state index contributed by atoms with van der Waals surface area (Å²) in [6.07, 6.45) is 0.806. The third-order valence-corrected chi connectivity index (χ3v) is 5.72. The van der Waals surface area contributed by atoms with Gasteiger partial charge in [0, 0.05) is 6.54 Å². The monoisotopic (exact) mass is 442 g/mol. The highest BCUT2D eigenvalue weighted by Gasteiger charge is 2.39. The molecule has 10 nitrogen and oxygen atoms in total. The molecule has 0 saturated carbocycles. The summed E-state index contributed by atoms with van der Waals surface area (Å²) < 4.78 is 0. The number of nitrogens with zero attached hydrogens (tertiary/aromatic N) is 1. The van der Waals surface area contributed by atoms with E-state index in [2.05, 4.69) is 10.6 Å². The van der Waals surface area contributed by atoms with Gasteiger partial charge in [-0.1, -0.05) is 34.1 Å². The summed E-state index contributed by atoms with van der Waals surface area (Å²) >= 11 is 0. The zero-order chi connectivity index (χ0) is 23.9. The van der Waals surface area contributed by atoms with Crippen LogP contribution < -0.4 is 16.4 Å². The molecular weight excluding hydrogens is 404 g/mol. The second-order valence-electron chi connectivity index (χ2n) is 8.86. The molecule has 1 heterocycles. The van der Waals surface area contributed by atoms with Crippen molar-refractivity contribution in [3.63, 3.8) is 0 Å². The number of rotatable bonds is 11. The zero-order valence-corrected chi connectivity index (χ0v) is 19.1. The Morgan fingerprint density at radius 2 is 1.71 bits per heavy atom. The van der Waals surface area contributed by atoms with Crippen molar-refractivity contribution in [3.8, 4) is 0 Å². The molecule has 6 N–H and O–H groups in total. The minimum atomic E-state index is -1.35. The summed E-state index contributed by atoms with van der Waals surface area (Å²) in [6.45, 7) is 9.13. The van der Waals surface area contributed by atoms with E-state index in [-0.39, 0.29) is 17.7 Å². The second kappa shape index (κ2) is 12.0. The SMILES string of the molecule is CCC(C)C(NC(=O)C(NC(=O)C1CCCN1C(=O)C(N)CC(C)C)C(C)O)C(=O)O. The molecule has 10 heteroatoms. The minimum Gasteiger partial charge on any atom is -0.480 e. The van der Waals surface area contributed by atoms with E-state index in [9.17, 15) is 29.4 Å². The van der Waals surface area contributed by atoms with E-state index in [0.29, 0.717) is 32.2 Å². The van der Waals surface area contributed by atoms with Crippen LogP contribution in [0.2, 0.25) is 0 Å². The fraction of sp³-hybridized carbons (Fsp3) is 0.810. The van der Waals surface area contributed by atoms with Crippen LogP contribution in [0.15, 0.2) is 0 Å². The molecule has 0 radical (unpaired) electrons. The number of carboxylic acid groups (broad SMARTS) is 1. The molecule has 6 unspecified atom stereocenters. The van der Waals surface area contributed by atoms with Crippen LogP contribution in [0.1, 0.15) is 60.3 Å². The summed E-state index contributed by atoms with van der Waals surface area (Å²) in [5.74, 6) is -2.97. The Hall–Kier alpha value is -2.20. The molecule has 1 saturated heterocycles. The normalized spacial score (nSPS) is 21.2.